The van der Waals surface area contributed by atoms with Gasteiger partial charge in [0, 0.05) is 19.1 Å². The van der Waals surface area contributed by atoms with Crippen LogP contribution in [0.1, 0.15) is 22.3 Å². The first kappa shape index (κ1) is 14.3. The third-order valence-corrected chi connectivity index (χ3v) is 3.35. The lowest BCUT2D eigenvalue weighted by Crippen LogP contribution is -2.42. The molecule has 1 aromatic rings. The van der Waals surface area contributed by atoms with Crippen LogP contribution in [0.2, 0.25) is 0 Å². The third-order valence-electron chi connectivity index (χ3n) is 3.35. The molecule has 3 N–H and O–H groups in total. The standard InChI is InChI=1S/C14H19N3O3/c1-17-6-5-12(9-17)16-14(20)15-8-10-3-2-4-11(7-10)13(18)19/h2-4,7,12H,5-6,8-9H2,1H3,(H,18,19)(H2,15,16,20). The highest BCUT2D eigenvalue weighted by atomic mass is 16.4. The lowest BCUT2D eigenvalue weighted by molar-refractivity contribution is 0.0696. The van der Waals surface area contributed by atoms with E-state index in [1.54, 1.807) is 18.2 Å². The van der Waals surface area contributed by atoms with Gasteiger partial charge < -0.3 is 20.6 Å². The van der Waals surface area contributed by atoms with Crippen molar-refractivity contribution >= 4 is 12.0 Å². The normalized spacial score (nSPS) is 18.8. The van der Waals surface area contributed by atoms with Gasteiger partial charge in [0.05, 0.1) is 5.56 Å². The number of hydrogen-bond acceptors (Lipinski definition) is 3. The summed E-state index contributed by atoms with van der Waals surface area (Å²) < 4.78 is 0. The van der Waals surface area contributed by atoms with Crippen LogP contribution in [0, 0.1) is 0 Å². The molecule has 108 valence electrons. The van der Waals surface area contributed by atoms with Crippen molar-refractivity contribution < 1.29 is 14.7 Å². The van der Waals surface area contributed by atoms with E-state index in [2.05, 4.69) is 15.5 Å². The molecule has 6 heteroatoms. The molecule has 0 aromatic heterocycles. The molecule has 1 aromatic carbocycles. The molecule has 1 heterocycles. The molecular weight excluding hydrogens is 258 g/mol. The smallest absolute Gasteiger partial charge is 0.335 e. The molecule has 6 nitrogen and oxygen atoms in total. The monoisotopic (exact) mass is 277 g/mol. The maximum absolute atomic E-state index is 11.7. The van der Waals surface area contributed by atoms with Crippen molar-refractivity contribution in [2.24, 2.45) is 0 Å². The lowest BCUT2D eigenvalue weighted by Gasteiger charge is -2.13. The van der Waals surface area contributed by atoms with Crippen molar-refractivity contribution in [3.8, 4) is 0 Å². The van der Waals surface area contributed by atoms with Gasteiger partial charge >= 0.3 is 12.0 Å². The van der Waals surface area contributed by atoms with Gasteiger partial charge in [0.15, 0.2) is 0 Å². The number of hydrogen-bond donors (Lipinski definition) is 3. The predicted octanol–water partition coefficient (Wildman–Crippen LogP) is 0.888. The number of amides is 2. The quantitative estimate of drug-likeness (QED) is 0.763. The summed E-state index contributed by atoms with van der Waals surface area (Å²) in [4.78, 5) is 24.8. The van der Waals surface area contributed by atoms with Gasteiger partial charge in [0.2, 0.25) is 0 Å². The van der Waals surface area contributed by atoms with Gasteiger partial charge in [0.25, 0.3) is 0 Å². The van der Waals surface area contributed by atoms with Crippen molar-refractivity contribution in [1.29, 1.82) is 0 Å². The molecule has 1 fully saturated rings. The van der Waals surface area contributed by atoms with E-state index in [1.165, 1.54) is 6.07 Å². The SMILES string of the molecule is CN1CCC(NC(=O)NCc2cccc(C(=O)O)c2)C1. The van der Waals surface area contributed by atoms with Gasteiger partial charge in [0.1, 0.15) is 0 Å². The fourth-order valence-corrected chi connectivity index (χ4v) is 2.29. The lowest BCUT2D eigenvalue weighted by atomic mass is 10.1. The maximum Gasteiger partial charge on any atom is 0.335 e. The Kier molecular flexibility index (Phi) is 4.57. The van der Waals surface area contributed by atoms with Crippen molar-refractivity contribution in [1.82, 2.24) is 15.5 Å². The average molecular weight is 277 g/mol. The second-order valence-corrected chi connectivity index (χ2v) is 5.08. The largest absolute Gasteiger partial charge is 0.478 e. The van der Waals surface area contributed by atoms with Crippen LogP contribution in [0.25, 0.3) is 0 Å². The summed E-state index contributed by atoms with van der Waals surface area (Å²) in [5.41, 5.74) is 0.991. The van der Waals surface area contributed by atoms with E-state index in [4.69, 9.17) is 5.11 Å². The van der Waals surface area contributed by atoms with Crippen LogP contribution in [0.4, 0.5) is 4.79 Å². The zero-order valence-electron chi connectivity index (χ0n) is 11.4. The minimum Gasteiger partial charge on any atom is -0.478 e. The molecule has 1 atom stereocenters. The molecule has 2 rings (SSSR count). The number of carboxylic acid groups (broad SMARTS) is 1. The van der Waals surface area contributed by atoms with E-state index in [0.29, 0.717) is 6.54 Å². The fraction of sp³-hybridized carbons (Fsp3) is 0.429. The van der Waals surface area contributed by atoms with Crippen LogP contribution in [0.5, 0.6) is 0 Å². The molecule has 20 heavy (non-hydrogen) atoms. The summed E-state index contributed by atoms with van der Waals surface area (Å²) in [5, 5.41) is 14.6. The number of carbonyl (C=O) groups is 2. The number of likely N-dealkylation sites (tertiary alicyclic amines) is 1. The van der Waals surface area contributed by atoms with Crippen LogP contribution in [0.15, 0.2) is 24.3 Å². The number of aromatic carboxylic acids is 1. The minimum atomic E-state index is -0.967. The highest BCUT2D eigenvalue weighted by Crippen LogP contribution is 2.07. The summed E-state index contributed by atoms with van der Waals surface area (Å²) in [7, 11) is 2.02. The van der Waals surface area contributed by atoms with Crippen LogP contribution < -0.4 is 10.6 Å². The Morgan fingerprint density at radius 2 is 2.25 bits per heavy atom. The topological polar surface area (TPSA) is 81.7 Å². The van der Waals surface area contributed by atoms with Gasteiger partial charge in [-0.3, -0.25) is 0 Å². The first-order valence-electron chi connectivity index (χ1n) is 6.60. The highest BCUT2D eigenvalue weighted by molar-refractivity contribution is 5.87. The summed E-state index contributed by atoms with van der Waals surface area (Å²) in [6.07, 6.45) is 0.957. The number of rotatable bonds is 4. The van der Waals surface area contributed by atoms with E-state index < -0.39 is 5.97 Å². The Bertz CT molecular complexity index is 504. The van der Waals surface area contributed by atoms with Crippen LogP contribution in [-0.4, -0.2) is 48.2 Å². The summed E-state index contributed by atoms with van der Waals surface area (Å²) in [6, 6.07) is 6.52. The molecule has 0 aliphatic carbocycles. The van der Waals surface area contributed by atoms with E-state index in [0.717, 1.165) is 25.1 Å². The first-order valence-corrected chi connectivity index (χ1v) is 6.60. The second-order valence-electron chi connectivity index (χ2n) is 5.08. The fourth-order valence-electron chi connectivity index (χ4n) is 2.29. The molecular formula is C14H19N3O3. The summed E-state index contributed by atoms with van der Waals surface area (Å²) in [6.45, 7) is 2.17. The number of nitrogens with one attached hydrogen (secondary N) is 2. The van der Waals surface area contributed by atoms with E-state index in [9.17, 15) is 9.59 Å². The van der Waals surface area contributed by atoms with Crippen LogP contribution >= 0.6 is 0 Å². The third kappa shape index (κ3) is 3.96. The number of benzene rings is 1. The molecule has 2 amide bonds. The molecule has 0 radical (unpaired) electrons. The molecule has 0 spiro atoms. The molecule has 1 aliphatic heterocycles. The van der Waals surface area contributed by atoms with E-state index in [-0.39, 0.29) is 17.6 Å². The average Bonchev–Trinajstić information content (AvgIpc) is 2.82. The maximum atomic E-state index is 11.7. The molecule has 0 bridgehead atoms. The van der Waals surface area contributed by atoms with Gasteiger partial charge in [-0.05, 0) is 37.7 Å². The number of urea groups is 1. The number of likely N-dealkylation sites (N-methyl/N-ethyl adjacent to an activating group) is 1. The van der Waals surface area contributed by atoms with Gasteiger partial charge in [-0.25, -0.2) is 9.59 Å². The van der Waals surface area contributed by atoms with Gasteiger partial charge in [-0.15, -0.1) is 0 Å². The number of carboxylic acids is 1. The van der Waals surface area contributed by atoms with Crippen molar-refractivity contribution in [3.05, 3.63) is 35.4 Å². The minimum absolute atomic E-state index is 0.186. The van der Waals surface area contributed by atoms with Crippen molar-refractivity contribution in [2.75, 3.05) is 20.1 Å². The highest BCUT2D eigenvalue weighted by Gasteiger charge is 2.20. The molecule has 1 saturated heterocycles. The summed E-state index contributed by atoms with van der Waals surface area (Å²) in [5.74, 6) is -0.967. The zero-order chi connectivity index (χ0) is 14.5. The van der Waals surface area contributed by atoms with Gasteiger partial charge in [-0.2, -0.15) is 0 Å². The zero-order valence-corrected chi connectivity index (χ0v) is 11.4. The molecule has 1 aliphatic rings. The van der Waals surface area contributed by atoms with Crippen LogP contribution in [0.3, 0.4) is 0 Å². The Morgan fingerprint density at radius 1 is 1.45 bits per heavy atom. The predicted molar refractivity (Wildman–Crippen MR) is 74.7 cm³/mol. The number of carbonyl (C=O) groups excluding carboxylic acids is 1. The summed E-state index contributed by atoms with van der Waals surface area (Å²) >= 11 is 0. The number of nitrogens with zero attached hydrogens (tertiary/aromatic N) is 1. The van der Waals surface area contributed by atoms with E-state index in [1.807, 2.05) is 7.05 Å². The Hall–Kier alpha value is -2.08. The Labute approximate surface area is 117 Å². The van der Waals surface area contributed by atoms with Gasteiger partial charge in [-0.1, -0.05) is 12.1 Å². The first-order chi connectivity index (χ1) is 9.54. The van der Waals surface area contributed by atoms with Crippen molar-refractivity contribution in [3.63, 3.8) is 0 Å². The second kappa shape index (κ2) is 6.38. The molecule has 0 saturated carbocycles. The van der Waals surface area contributed by atoms with Crippen LogP contribution in [-0.2, 0) is 6.54 Å². The van der Waals surface area contributed by atoms with Crippen molar-refractivity contribution in [2.45, 2.75) is 19.0 Å². The Morgan fingerprint density at radius 3 is 2.90 bits per heavy atom. The molecule has 1 unspecified atom stereocenters. The van der Waals surface area contributed by atoms with E-state index >= 15 is 0 Å². The Balaban J connectivity index is 1.81.